The molecule has 3 aromatic rings. The molecule has 158 valence electrons. The summed E-state index contributed by atoms with van der Waals surface area (Å²) in [6.45, 7) is 1.39. The second-order valence-corrected chi connectivity index (χ2v) is 10.6. The molecule has 2 heterocycles. The Morgan fingerprint density at radius 2 is 1.87 bits per heavy atom. The molecule has 4 rings (SSSR count). The van der Waals surface area contributed by atoms with Gasteiger partial charge in [-0.15, -0.1) is 11.8 Å². The third kappa shape index (κ3) is 3.86. The molecule has 0 aliphatic carbocycles. The van der Waals surface area contributed by atoms with Crippen molar-refractivity contribution in [1.82, 2.24) is 9.47 Å². The number of carbonyl (C=O) groups is 1. The molecule has 1 N–H and O–H groups in total. The Hall–Kier alpha value is -2.30. The number of benzene rings is 2. The third-order valence-electron chi connectivity index (χ3n) is 5.15. The molecule has 0 radical (unpaired) electrons. The fourth-order valence-corrected chi connectivity index (χ4v) is 6.09. The number of aromatic nitrogens is 1. The SMILES string of the molecule is CSc1ccc(S(=O)(=O)Nc2ccc3c(c2)sc(=O)n3C)cc1C(=O)N1CCCC1. The number of likely N-dealkylation sites (tertiary alicyclic amines) is 1. The number of hydrogen-bond donors (Lipinski definition) is 1. The van der Waals surface area contributed by atoms with E-state index in [1.165, 1.54) is 28.5 Å². The first-order chi connectivity index (χ1) is 14.3. The van der Waals surface area contributed by atoms with Crippen molar-refractivity contribution in [2.45, 2.75) is 22.6 Å². The molecule has 1 saturated heterocycles. The van der Waals surface area contributed by atoms with Crippen LogP contribution in [0.4, 0.5) is 5.69 Å². The van der Waals surface area contributed by atoms with Crippen molar-refractivity contribution in [1.29, 1.82) is 0 Å². The van der Waals surface area contributed by atoms with Crippen LogP contribution in [-0.4, -0.2) is 43.1 Å². The van der Waals surface area contributed by atoms with Crippen molar-refractivity contribution < 1.29 is 13.2 Å². The van der Waals surface area contributed by atoms with Gasteiger partial charge in [0.05, 0.1) is 26.4 Å². The summed E-state index contributed by atoms with van der Waals surface area (Å²) in [5, 5.41) is 0. The van der Waals surface area contributed by atoms with Gasteiger partial charge in [0.1, 0.15) is 0 Å². The van der Waals surface area contributed by atoms with Crippen LogP contribution in [-0.2, 0) is 17.1 Å². The van der Waals surface area contributed by atoms with Crippen LogP contribution in [0.5, 0.6) is 0 Å². The molecule has 1 aliphatic rings. The molecular formula is C20H21N3O4S3. The topological polar surface area (TPSA) is 88.5 Å². The summed E-state index contributed by atoms with van der Waals surface area (Å²) in [6.07, 6.45) is 3.80. The molecule has 0 atom stereocenters. The number of thiazole rings is 1. The number of amides is 1. The summed E-state index contributed by atoms with van der Waals surface area (Å²) in [5.41, 5.74) is 1.52. The van der Waals surface area contributed by atoms with Gasteiger partial charge in [0, 0.05) is 25.0 Å². The zero-order valence-electron chi connectivity index (χ0n) is 16.5. The summed E-state index contributed by atoms with van der Waals surface area (Å²) < 4.78 is 30.8. The predicted octanol–water partition coefficient (Wildman–Crippen LogP) is 3.36. The molecule has 10 heteroatoms. The van der Waals surface area contributed by atoms with Crippen LogP contribution in [0.3, 0.4) is 0 Å². The average molecular weight is 464 g/mol. The number of sulfonamides is 1. The van der Waals surface area contributed by atoms with E-state index >= 15 is 0 Å². The highest BCUT2D eigenvalue weighted by Gasteiger charge is 2.24. The molecule has 7 nitrogen and oxygen atoms in total. The summed E-state index contributed by atoms with van der Waals surface area (Å²) >= 11 is 2.48. The van der Waals surface area contributed by atoms with E-state index in [4.69, 9.17) is 0 Å². The number of hydrogen-bond acceptors (Lipinski definition) is 6. The zero-order chi connectivity index (χ0) is 21.5. The Morgan fingerprint density at radius 1 is 1.13 bits per heavy atom. The van der Waals surface area contributed by atoms with Gasteiger partial charge >= 0.3 is 4.87 Å². The van der Waals surface area contributed by atoms with Crippen LogP contribution in [0.15, 0.2) is 51.0 Å². The molecule has 2 aromatic carbocycles. The van der Waals surface area contributed by atoms with Crippen molar-refractivity contribution >= 4 is 54.9 Å². The van der Waals surface area contributed by atoms with Crippen molar-refractivity contribution in [3.05, 3.63) is 51.6 Å². The first-order valence-corrected chi connectivity index (χ1v) is 12.9. The molecule has 0 spiro atoms. The maximum absolute atomic E-state index is 13.0. The van der Waals surface area contributed by atoms with E-state index < -0.39 is 10.0 Å². The number of fused-ring (bicyclic) bond motifs is 1. The number of aryl methyl sites for hydroxylation is 1. The normalized spacial score (nSPS) is 14.4. The van der Waals surface area contributed by atoms with Gasteiger partial charge in [0.2, 0.25) is 0 Å². The smallest absolute Gasteiger partial charge is 0.307 e. The lowest BCUT2D eigenvalue weighted by molar-refractivity contribution is 0.0789. The van der Waals surface area contributed by atoms with Crippen molar-refractivity contribution in [3.8, 4) is 0 Å². The van der Waals surface area contributed by atoms with Crippen molar-refractivity contribution in [2.75, 3.05) is 24.1 Å². The first kappa shape index (κ1) is 21.0. The fourth-order valence-electron chi connectivity index (χ4n) is 3.52. The van der Waals surface area contributed by atoms with Crippen molar-refractivity contribution in [2.24, 2.45) is 7.05 Å². The molecule has 0 unspecified atom stereocenters. The minimum absolute atomic E-state index is 0.0317. The van der Waals surface area contributed by atoms with E-state index in [1.807, 2.05) is 6.26 Å². The number of thioether (sulfide) groups is 1. The van der Waals surface area contributed by atoms with Gasteiger partial charge in [-0.3, -0.25) is 14.3 Å². The van der Waals surface area contributed by atoms with Crippen LogP contribution in [0.1, 0.15) is 23.2 Å². The highest BCUT2D eigenvalue weighted by Crippen LogP contribution is 2.28. The Kier molecular flexibility index (Phi) is 5.65. The van der Waals surface area contributed by atoms with Gasteiger partial charge in [0.15, 0.2) is 0 Å². The van der Waals surface area contributed by atoms with Gasteiger partial charge in [0.25, 0.3) is 15.9 Å². The van der Waals surface area contributed by atoms with Gasteiger partial charge < -0.3 is 9.47 Å². The molecular weight excluding hydrogens is 442 g/mol. The second-order valence-electron chi connectivity index (χ2n) is 7.08. The minimum Gasteiger partial charge on any atom is -0.339 e. The van der Waals surface area contributed by atoms with E-state index in [-0.39, 0.29) is 15.7 Å². The molecule has 1 aromatic heterocycles. The molecule has 1 amide bonds. The third-order valence-corrected chi connectivity index (χ3v) is 8.32. The monoisotopic (exact) mass is 463 g/mol. The maximum Gasteiger partial charge on any atom is 0.307 e. The summed E-state index contributed by atoms with van der Waals surface area (Å²) in [4.78, 5) is 27.2. The van der Waals surface area contributed by atoms with Gasteiger partial charge in [-0.2, -0.15) is 0 Å². The average Bonchev–Trinajstić information content (AvgIpc) is 3.35. The van der Waals surface area contributed by atoms with Crippen LogP contribution >= 0.6 is 23.1 Å². The Morgan fingerprint density at radius 3 is 2.57 bits per heavy atom. The Labute approximate surface area is 182 Å². The lowest BCUT2D eigenvalue weighted by atomic mass is 10.2. The lowest BCUT2D eigenvalue weighted by Gasteiger charge is -2.18. The highest BCUT2D eigenvalue weighted by atomic mass is 32.2. The lowest BCUT2D eigenvalue weighted by Crippen LogP contribution is -2.28. The van der Waals surface area contributed by atoms with E-state index in [9.17, 15) is 18.0 Å². The van der Waals surface area contributed by atoms with E-state index in [0.717, 1.165) is 34.6 Å². The first-order valence-electron chi connectivity index (χ1n) is 9.40. The number of nitrogens with one attached hydrogen (secondary N) is 1. The molecule has 30 heavy (non-hydrogen) atoms. The number of rotatable bonds is 5. The molecule has 1 fully saturated rings. The molecule has 0 saturated carbocycles. The molecule has 1 aliphatic heterocycles. The minimum atomic E-state index is -3.90. The number of nitrogens with zero attached hydrogens (tertiary/aromatic N) is 2. The van der Waals surface area contributed by atoms with Gasteiger partial charge in [-0.05, 0) is 55.5 Å². The number of carbonyl (C=O) groups excluding carboxylic acids is 1. The standard InChI is InChI=1S/C20H21N3O4S3/c1-22-16-7-5-13(11-18(16)29-20(22)25)21-30(26,27)14-6-8-17(28-2)15(12-14)19(24)23-9-3-4-10-23/h5-8,11-12,21H,3-4,9-10H2,1-2H3. The quantitative estimate of drug-likeness (QED) is 0.586. The largest absolute Gasteiger partial charge is 0.339 e. The van der Waals surface area contributed by atoms with Gasteiger partial charge in [-0.25, -0.2) is 8.42 Å². The van der Waals surface area contributed by atoms with Crippen LogP contribution < -0.4 is 9.60 Å². The Balaban J connectivity index is 1.67. The summed E-state index contributed by atoms with van der Waals surface area (Å²) in [5.74, 6) is -0.135. The zero-order valence-corrected chi connectivity index (χ0v) is 19.0. The van der Waals surface area contributed by atoms with Crippen LogP contribution in [0.2, 0.25) is 0 Å². The second kappa shape index (κ2) is 8.09. The van der Waals surface area contributed by atoms with E-state index in [2.05, 4.69) is 4.72 Å². The van der Waals surface area contributed by atoms with Crippen LogP contribution in [0.25, 0.3) is 10.2 Å². The van der Waals surface area contributed by atoms with Crippen molar-refractivity contribution in [3.63, 3.8) is 0 Å². The predicted molar refractivity (Wildman–Crippen MR) is 121 cm³/mol. The van der Waals surface area contributed by atoms with E-state index in [0.29, 0.717) is 29.0 Å². The molecule has 0 bridgehead atoms. The fraction of sp³-hybridized carbons (Fsp3) is 0.300. The van der Waals surface area contributed by atoms with E-state index in [1.54, 1.807) is 36.2 Å². The van der Waals surface area contributed by atoms with Crippen LogP contribution in [0, 0.1) is 0 Å². The Bertz CT molecular complexity index is 1290. The van der Waals surface area contributed by atoms with Gasteiger partial charge in [-0.1, -0.05) is 11.3 Å². The summed E-state index contributed by atoms with van der Waals surface area (Å²) in [7, 11) is -2.22. The highest BCUT2D eigenvalue weighted by molar-refractivity contribution is 7.98. The summed E-state index contributed by atoms with van der Waals surface area (Å²) in [6, 6.07) is 9.62. The maximum atomic E-state index is 13.0. The number of anilines is 1.